The van der Waals surface area contributed by atoms with Crippen molar-refractivity contribution in [3.63, 3.8) is 0 Å². The summed E-state index contributed by atoms with van der Waals surface area (Å²) >= 11 is 12.0. The number of rotatable bonds is 7. The number of nitrogens with zero attached hydrogens (tertiary/aromatic N) is 1. The minimum Gasteiger partial charge on any atom is -0.505 e. The maximum atomic E-state index is 14.1. The van der Waals surface area contributed by atoms with Gasteiger partial charge in [-0.25, -0.2) is 4.39 Å². The fourth-order valence-electron chi connectivity index (χ4n) is 3.46. The van der Waals surface area contributed by atoms with E-state index in [4.69, 9.17) is 28.3 Å². The summed E-state index contributed by atoms with van der Waals surface area (Å²) in [6, 6.07) is 6.66. The number of aromatic nitrogens is 1. The Morgan fingerprint density at radius 3 is 2.47 bits per heavy atom. The summed E-state index contributed by atoms with van der Waals surface area (Å²) in [4.78, 5) is 35.9. The van der Waals surface area contributed by atoms with E-state index in [0.717, 1.165) is 6.07 Å². The number of carbonyl (C=O) groups excluding carboxylic acids is 2. The summed E-state index contributed by atoms with van der Waals surface area (Å²) in [6.45, 7) is 1.65. The summed E-state index contributed by atoms with van der Waals surface area (Å²) in [6.07, 6.45) is 0.00200. The van der Waals surface area contributed by atoms with E-state index in [9.17, 15) is 23.9 Å². The van der Waals surface area contributed by atoms with Crippen LogP contribution < -0.4 is 5.32 Å². The molecule has 0 aliphatic rings. The second kappa shape index (κ2) is 9.58. The lowest BCUT2D eigenvalue weighted by Gasteiger charge is -2.09. The highest BCUT2D eigenvalue weighted by Crippen LogP contribution is 2.33. The second-order valence-corrected chi connectivity index (χ2v) is 7.96. The molecule has 3 N–H and O–H groups in total. The number of phenolic OH excluding ortho intramolecular Hbond substituents is 1. The van der Waals surface area contributed by atoms with Crippen molar-refractivity contribution >= 4 is 51.9 Å². The molecule has 3 aromatic rings. The Morgan fingerprint density at radius 1 is 1.09 bits per heavy atom. The molecule has 1 aromatic heterocycles. The van der Waals surface area contributed by atoms with Crippen LogP contribution in [0.3, 0.4) is 0 Å². The Bertz CT molecular complexity index is 1240. The molecule has 0 aliphatic carbocycles. The zero-order valence-electron chi connectivity index (χ0n) is 16.9. The number of hydrogen-bond donors (Lipinski definition) is 3. The SMILES string of the molecule is Cc1c(CCC(=O)NCCC(=O)O)c2cc(O)c(F)cc2n1C(=O)c1ccc(Cl)c(Cl)c1. The largest absolute Gasteiger partial charge is 0.505 e. The van der Waals surface area contributed by atoms with Gasteiger partial charge in [0.15, 0.2) is 11.6 Å². The highest BCUT2D eigenvalue weighted by atomic mass is 35.5. The van der Waals surface area contributed by atoms with Gasteiger partial charge >= 0.3 is 5.97 Å². The first-order valence-corrected chi connectivity index (χ1v) is 10.4. The molecule has 1 amide bonds. The first-order valence-electron chi connectivity index (χ1n) is 9.60. The molecule has 0 saturated carbocycles. The van der Waals surface area contributed by atoms with Crippen LogP contribution in [0.25, 0.3) is 10.9 Å². The van der Waals surface area contributed by atoms with Gasteiger partial charge in [0.25, 0.3) is 5.91 Å². The van der Waals surface area contributed by atoms with Gasteiger partial charge in [0, 0.05) is 35.7 Å². The van der Waals surface area contributed by atoms with E-state index in [1.807, 2.05) is 0 Å². The van der Waals surface area contributed by atoms with Crippen molar-refractivity contribution in [1.82, 2.24) is 9.88 Å². The van der Waals surface area contributed by atoms with Crippen molar-refractivity contribution in [1.29, 1.82) is 0 Å². The van der Waals surface area contributed by atoms with Crippen LogP contribution >= 0.6 is 23.2 Å². The average Bonchev–Trinajstić information content (AvgIpc) is 2.98. The molecule has 2 aromatic carbocycles. The Hall–Kier alpha value is -3.10. The Balaban J connectivity index is 1.99. The maximum absolute atomic E-state index is 14.1. The van der Waals surface area contributed by atoms with Gasteiger partial charge < -0.3 is 15.5 Å². The monoisotopic (exact) mass is 480 g/mol. The lowest BCUT2D eigenvalue weighted by Crippen LogP contribution is -2.26. The topological polar surface area (TPSA) is 109 Å². The molecular formula is C22H19Cl2FN2O5. The molecule has 0 saturated heterocycles. The molecule has 0 unspecified atom stereocenters. The fourth-order valence-corrected chi connectivity index (χ4v) is 3.76. The van der Waals surface area contributed by atoms with Crippen molar-refractivity contribution < 1.29 is 29.0 Å². The number of carboxylic acid groups (broad SMARTS) is 1. The van der Waals surface area contributed by atoms with Crippen LogP contribution in [0.1, 0.15) is 34.5 Å². The highest BCUT2D eigenvalue weighted by Gasteiger charge is 2.22. The normalized spacial score (nSPS) is 11.0. The summed E-state index contributed by atoms with van der Waals surface area (Å²) in [5, 5.41) is 21.9. The van der Waals surface area contributed by atoms with Gasteiger partial charge in [0.2, 0.25) is 5.91 Å². The van der Waals surface area contributed by atoms with E-state index in [1.54, 1.807) is 6.92 Å². The molecule has 3 rings (SSSR count). The minimum atomic E-state index is -1.03. The summed E-state index contributed by atoms with van der Waals surface area (Å²) < 4.78 is 15.4. The maximum Gasteiger partial charge on any atom is 0.305 e. The predicted molar refractivity (Wildman–Crippen MR) is 118 cm³/mol. The number of phenols is 1. The van der Waals surface area contributed by atoms with Crippen LogP contribution in [0.15, 0.2) is 30.3 Å². The average molecular weight is 481 g/mol. The first-order chi connectivity index (χ1) is 15.1. The van der Waals surface area contributed by atoms with Crippen molar-refractivity contribution in [3.05, 3.63) is 63.0 Å². The number of amides is 1. The predicted octanol–water partition coefficient (Wildman–Crippen LogP) is 4.31. The molecule has 1 heterocycles. The number of carboxylic acids is 1. The summed E-state index contributed by atoms with van der Waals surface area (Å²) in [5.74, 6) is -3.34. The zero-order valence-corrected chi connectivity index (χ0v) is 18.4. The van der Waals surface area contributed by atoms with Crippen LogP contribution in [0.4, 0.5) is 4.39 Å². The quantitative estimate of drug-likeness (QED) is 0.466. The van der Waals surface area contributed by atoms with Crippen LogP contribution in [0, 0.1) is 12.7 Å². The van der Waals surface area contributed by atoms with Gasteiger partial charge in [-0.05, 0) is 43.2 Å². The van der Waals surface area contributed by atoms with Crippen molar-refractivity contribution in [2.75, 3.05) is 6.54 Å². The smallest absolute Gasteiger partial charge is 0.305 e. The molecule has 10 heteroatoms. The molecule has 0 fully saturated rings. The standard InChI is InChI=1S/C22H19Cl2FN2O5/c1-11-13(3-5-20(29)26-7-6-21(30)31)14-9-19(28)17(25)10-18(14)27(11)22(32)12-2-4-15(23)16(24)8-12/h2,4,8-10,28H,3,5-7H2,1H3,(H,26,29)(H,30,31). The number of halogens is 3. The van der Waals surface area contributed by atoms with Gasteiger partial charge in [-0.3, -0.25) is 19.0 Å². The summed E-state index contributed by atoms with van der Waals surface area (Å²) in [7, 11) is 0. The van der Waals surface area contributed by atoms with Gasteiger partial charge in [-0.15, -0.1) is 0 Å². The van der Waals surface area contributed by atoms with E-state index < -0.39 is 23.4 Å². The molecule has 0 radical (unpaired) electrons. The molecule has 0 atom stereocenters. The van der Waals surface area contributed by atoms with Crippen LogP contribution in [0.2, 0.25) is 10.0 Å². The number of fused-ring (bicyclic) bond motifs is 1. The number of aliphatic carboxylic acids is 1. The number of carbonyl (C=O) groups is 3. The molecule has 0 bridgehead atoms. The van der Waals surface area contributed by atoms with Crippen molar-refractivity contribution in [3.8, 4) is 5.75 Å². The molecule has 7 nitrogen and oxygen atoms in total. The second-order valence-electron chi connectivity index (χ2n) is 7.15. The van der Waals surface area contributed by atoms with E-state index in [1.165, 1.54) is 28.8 Å². The van der Waals surface area contributed by atoms with Crippen LogP contribution in [-0.2, 0) is 16.0 Å². The van der Waals surface area contributed by atoms with Crippen molar-refractivity contribution in [2.45, 2.75) is 26.2 Å². The van der Waals surface area contributed by atoms with Gasteiger partial charge in [0.1, 0.15) is 0 Å². The third kappa shape index (κ3) is 4.87. The van der Waals surface area contributed by atoms with E-state index in [-0.39, 0.29) is 52.8 Å². The molecule has 0 spiro atoms. The van der Waals surface area contributed by atoms with Crippen LogP contribution in [-0.4, -0.2) is 39.1 Å². The highest BCUT2D eigenvalue weighted by molar-refractivity contribution is 6.42. The van der Waals surface area contributed by atoms with Gasteiger partial charge in [-0.1, -0.05) is 23.2 Å². The third-order valence-electron chi connectivity index (χ3n) is 5.04. The molecule has 32 heavy (non-hydrogen) atoms. The molecular weight excluding hydrogens is 462 g/mol. The van der Waals surface area contributed by atoms with Crippen molar-refractivity contribution in [2.24, 2.45) is 0 Å². The summed E-state index contributed by atoms with van der Waals surface area (Å²) in [5.41, 5.74) is 1.51. The first kappa shape index (κ1) is 23.6. The third-order valence-corrected chi connectivity index (χ3v) is 5.78. The Morgan fingerprint density at radius 2 is 1.81 bits per heavy atom. The Labute approximate surface area is 192 Å². The lowest BCUT2D eigenvalue weighted by molar-refractivity contribution is -0.136. The number of hydrogen-bond acceptors (Lipinski definition) is 4. The molecule has 0 aliphatic heterocycles. The number of benzene rings is 2. The van der Waals surface area contributed by atoms with Crippen LogP contribution in [0.5, 0.6) is 5.75 Å². The Kier molecular flexibility index (Phi) is 7.06. The number of aryl methyl sites for hydroxylation is 1. The van der Waals surface area contributed by atoms with E-state index >= 15 is 0 Å². The zero-order chi connectivity index (χ0) is 23.6. The van der Waals surface area contributed by atoms with Gasteiger partial charge in [-0.2, -0.15) is 0 Å². The van der Waals surface area contributed by atoms with Gasteiger partial charge in [0.05, 0.1) is 22.0 Å². The minimum absolute atomic E-state index is 0.00325. The van der Waals surface area contributed by atoms with E-state index in [2.05, 4.69) is 5.32 Å². The lowest BCUT2D eigenvalue weighted by atomic mass is 10.1. The molecule has 168 valence electrons. The number of aromatic hydroxyl groups is 1. The fraction of sp³-hybridized carbons (Fsp3) is 0.227. The van der Waals surface area contributed by atoms with E-state index in [0.29, 0.717) is 16.6 Å². The number of nitrogens with one attached hydrogen (secondary N) is 1.